The molecule has 1 fully saturated rings. The molecule has 1 aliphatic carbocycles. The minimum absolute atomic E-state index is 0.202. The summed E-state index contributed by atoms with van der Waals surface area (Å²) < 4.78 is 7.13. The predicted molar refractivity (Wildman–Crippen MR) is 108 cm³/mol. The first kappa shape index (κ1) is 17.4. The number of aromatic nitrogens is 4. The summed E-state index contributed by atoms with van der Waals surface area (Å²) in [6, 6.07) is 11.0. The molecular weight excluding hydrogens is 370 g/mol. The standard InChI is InChI=1S/C21H19N5O3/c1-11-12(2)22-21(24-19(11)27)26-18(10-15(25-26)13-7-8-13)23-20(28)17-9-14-5-3-4-6-16(14)29-17/h3-6,9-10,13H,7-8H2,1-2H3,(H,23,28)(H,22,24,27). The second kappa shape index (κ2) is 6.44. The first-order valence-corrected chi connectivity index (χ1v) is 9.47. The number of benzene rings is 1. The highest BCUT2D eigenvalue weighted by atomic mass is 16.3. The minimum Gasteiger partial charge on any atom is -0.451 e. The zero-order valence-electron chi connectivity index (χ0n) is 16.0. The van der Waals surface area contributed by atoms with Crippen molar-refractivity contribution in [1.29, 1.82) is 0 Å². The molecule has 146 valence electrons. The van der Waals surface area contributed by atoms with Crippen molar-refractivity contribution >= 4 is 22.7 Å². The summed E-state index contributed by atoms with van der Waals surface area (Å²) in [6.07, 6.45) is 2.12. The highest BCUT2D eigenvalue weighted by Gasteiger charge is 2.29. The monoisotopic (exact) mass is 389 g/mol. The fraction of sp³-hybridized carbons (Fsp3) is 0.238. The van der Waals surface area contributed by atoms with Crippen LogP contribution in [0, 0.1) is 13.8 Å². The van der Waals surface area contributed by atoms with Crippen LogP contribution < -0.4 is 10.9 Å². The molecule has 3 aromatic heterocycles. The van der Waals surface area contributed by atoms with Crippen molar-refractivity contribution in [2.45, 2.75) is 32.6 Å². The van der Waals surface area contributed by atoms with Crippen molar-refractivity contribution in [3.63, 3.8) is 0 Å². The van der Waals surface area contributed by atoms with Gasteiger partial charge in [0.05, 0.1) is 5.69 Å². The number of amides is 1. The number of anilines is 1. The Morgan fingerprint density at radius 1 is 1.24 bits per heavy atom. The van der Waals surface area contributed by atoms with Gasteiger partial charge in [-0.05, 0) is 38.8 Å². The molecule has 1 saturated carbocycles. The fourth-order valence-corrected chi connectivity index (χ4v) is 3.23. The van der Waals surface area contributed by atoms with Gasteiger partial charge in [0, 0.05) is 28.6 Å². The maximum Gasteiger partial charge on any atom is 0.292 e. The van der Waals surface area contributed by atoms with Gasteiger partial charge in [-0.25, -0.2) is 4.98 Å². The number of carbonyl (C=O) groups is 1. The van der Waals surface area contributed by atoms with Crippen molar-refractivity contribution in [3.05, 3.63) is 69.5 Å². The molecule has 1 aromatic carbocycles. The Labute approximate surface area is 165 Å². The molecule has 0 saturated heterocycles. The van der Waals surface area contributed by atoms with E-state index in [9.17, 15) is 9.59 Å². The van der Waals surface area contributed by atoms with E-state index in [-0.39, 0.29) is 17.3 Å². The maximum absolute atomic E-state index is 12.8. The van der Waals surface area contributed by atoms with Gasteiger partial charge >= 0.3 is 0 Å². The second-order valence-corrected chi connectivity index (χ2v) is 7.34. The van der Waals surface area contributed by atoms with E-state index < -0.39 is 5.91 Å². The molecule has 0 spiro atoms. The third-order valence-corrected chi connectivity index (χ3v) is 5.20. The topological polar surface area (TPSA) is 106 Å². The Kier molecular flexibility index (Phi) is 3.87. The number of furan rings is 1. The Bertz CT molecular complexity index is 1280. The summed E-state index contributed by atoms with van der Waals surface area (Å²) in [7, 11) is 0. The second-order valence-electron chi connectivity index (χ2n) is 7.34. The first-order chi connectivity index (χ1) is 14.0. The number of aromatic amines is 1. The molecule has 29 heavy (non-hydrogen) atoms. The van der Waals surface area contributed by atoms with Crippen LogP contribution in [0.25, 0.3) is 16.9 Å². The molecule has 0 atom stereocenters. The van der Waals surface area contributed by atoms with Crippen LogP contribution in [0.15, 0.2) is 45.6 Å². The number of H-pyrrole nitrogens is 1. The Morgan fingerprint density at radius 3 is 2.76 bits per heavy atom. The van der Waals surface area contributed by atoms with Gasteiger partial charge in [0.25, 0.3) is 11.5 Å². The lowest BCUT2D eigenvalue weighted by Gasteiger charge is -2.08. The third-order valence-electron chi connectivity index (χ3n) is 5.20. The number of nitrogens with zero attached hydrogens (tertiary/aromatic N) is 3. The van der Waals surface area contributed by atoms with Crippen LogP contribution >= 0.6 is 0 Å². The van der Waals surface area contributed by atoms with Crippen LogP contribution in [0.4, 0.5) is 5.82 Å². The lowest BCUT2D eigenvalue weighted by atomic mass is 10.2. The van der Waals surface area contributed by atoms with Crippen LogP contribution in [-0.4, -0.2) is 25.7 Å². The number of fused-ring (bicyclic) bond motifs is 1. The Balaban J connectivity index is 1.54. The summed E-state index contributed by atoms with van der Waals surface area (Å²) >= 11 is 0. The fourth-order valence-electron chi connectivity index (χ4n) is 3.23. The van der Waals surface area contributed by atoms with E-state index >= 15 is 0 Å². The average Bonchev–Trinajstić information content (AvgIpc) is 3.32. The first-order valence-electron chi connectivity index (χ1n) is 9.47. The summed E-state index contributed by atoms with van der Waals surface area (Å²) in [5, 5.41) is 8.28. The number of carbonyl (C=O) groups excluding carboxylic acids is 1. The largest absolute Gasteiger partial charge is 0.451 e. The van der Waals surface area contributed by atoms with Crippen LogP contribution in [0.5, 0.6) is 0 Å². The average molecular weight is 389 g/mol. The molecule has 4 aromatic rings. The lowest BCUT2D eigenvalue weighted by Crippen LogP contribution is -2.20. The molecule has 0 aliphatic heterocycles. The van der Waals surface area contributed by atoms with E-state index in [1.807, 2.05) is 30.3 Å². The van der Waals surface area contributed by atoms with Crippen molar-refractivity contribution in [3.8, 4) is 5.95 Å². The zero-order valence-corrected chi connectivity index (χ0v) is 16.0. The van der Waals surface area contributed by atoms with Gasteiger partial charge < -0.3 is 9.73 Å². The van der Waals surface area contributed by atoms with Gasteiger partial charge in [0.1, 0.15) is 11.4 Å². The van der Waals surface area contributed by atoms with Gasteiger partial charge in [-0.15, -0.1) is 0 Å². The van der Waals surface area contributed by atoms with Gasteiger partial charge in [0.15, 0.2) is 5.76 Å². The smallest absolute Gasteiger partial charge is 0.292 e. The number of aryl methyl sites for hydroxylation is 1. The highest BCUT2D eigenvalue weighted by Crippen LogP contribution is 2.40. The molecule has 0 bridgehead atoms. The van der Waals surface area contributed by atoms with Crippen LogP contribution in [0.1, 0.15) is 46.3 Å². The van der Waals surface area contributed by atoms with Crippen LogP contribution in [0.3, 0.4) is 0 Å². The lowest BCUT2D eigenvalue weighted by molar-refractivity contribution is 0.0998. The van der Waals surface area contributed by atoms with Crippen molar-refractivity contribution < 1.29 is 9.21 Å². The molecule has 0 radical (unpaired) electrons. The van der Waals surface area contributed by atoms with E-state index in [0.29, 0.717) is 28.6 Å². The van der Waals surface area contributed by atoms with E-state index in [1.54, 1.807) is 19.9 Å². The maximum atomic E-state index is 12.8. The summed E-state index contributed by atoms with van der Waals surface area (Å²) in [5.41, 5.74) is 2.44. The van der Waals surface area contributed by atoms with Gasteiger partial charge in [0.2, 0.25) is 5.95 Å². The van der Waals surface area contributed by atoms with Crippen LogP contribution in [0.2, 0.25) is 0 Å². The van der Waals surface area contributed by atoms with Gasteiger partial charge in [-0.1, -0.05) is 18.2 Å². The summed E-state index contributed by atoms with van der Waals surface area (Å²) in [6.45, 7) is 3.49. The van der Waals surface area contributed by atoms with E-state index in [4.69, 9.17) is 4.42 Å². The minimum atomic E-state index is -0.393. The number of rotatable bonds is 4. The zero-order chi connectivity index (χ0) is 20.1. The van der Waals surface area contributed by atoms with E-state index in [1.165, 1.54) is 4.68 Å². The highest BCUT2D eigenvalue weighted by molar-refractivity contribution is 6.04. The van der Waals surface area contributed by atoms with Gasteiger partial charge in [-0.2, -0.15) is 9.78 Å². The molecular formula is C21H19N5O3. The molecule has 1 amide bonds. The third kappa shape index (κ3) is 3.12. The quantitative estimate of drug-likeness (QED) is 0.556. The van der Waals surface area contributed by atoms with E-state index in [2.05, 4.69) is 20.4 Å². The molecule has 8 nitrogen and oxygen atoms in total. The molecule has 2 N–H and O–H groups in total. The molecule has 0 unspecified atom stereocenters. The number of hydrogen-bond donors (Lipinski definition) is 2. The molecule has 3 heterocycles. The van der Waals surface area contributed by atoms with Crippen LogP contribution in [-0.2, 0) is 0 Å². The normalized spacial score (nSPS) is 13.7. The van der Waals surface area contributed by atoms with Gasteiger partial charge in [-0.3, -0.25) is 14.6 Å². The predicted octanol–water partition coefficient (Wildman–Crippen LogP) is 3.45. The van der Waals surface area contributed by atoms with E-state index in [0.717, 1.165) is 23.9 Å². The molecule has 1 aliphatic rings. The number of hydrogen-bond acceptors (Lipinski definition) is 5. The van der Waals surface area contributed by atoms with Crippen molar-refractivity contribution in [1.82, 2.24) is 19.7 Å². The number of nitrogens with one attached hydrogen (secondary N) is 2. The Hall–Kier alpha value is -3.68. The summed E-state index contributed by atoms with van der Waals surface area (Å²) in [4.78, 5) is 32.2. The van der Waals surface area contributed by atoms with Crippen molar-refractivity contribution in [2.24, 2.45) is 0 Å². The summed E-state index contributed by atoms with van der Waals surface area (Å²) in [5.74, 6) is 0.884. The van der Waals surface area contributed by atoms with Crippen molar-refractivity contribution in [2.75, 3.05) is 5.32 Å². The molecule has 5 rings (SSSR count). The molecule has 8 heteroatoms. The Morgan fingerprint density at radius 2 is 2.03 bits per heavy atom. The SMILES string of the molecule is Cc1nc(-n2nc(C3CC3)cc2NC(=O)c2cc3ccccc3o2)[nH]c(=O)c1C. The number of para-hydroxylation sites is 1.